The number of nitriles is 1. The first-order valence-electron chi connectivity index (χ1n) is 4.88. The normalized spacial score (nSPS) is 9.65. The Hall–Kier alpha value is -1.93. The van der Waals surface area contributed by atoms with Gasteiger partial charge in [-0.1, -0.05) is 28.1 Å². The molecule has 0 fully saturated rings. The van der Waals surface area contributed by atoms with E-state index in [0.29, 0.717) is 6.61 Å². The van der Waals surface area contributed by atoms with Crippen molar-refractivity contribution in [1.82, 2.24) is 9.97 Å². The number of hydrogen-bond donors (Lipinski definition) is 0. The molecule has 0 aliphatic heterocycles. The Morgan fingerprint density at radius 3 is 2.88 bits per heavy atom. The molecule has 17 heavy (non-hydrogen) atoms. The van der Waals surface area contributed by atoms with Crippen LogP contribution in [-0.2, 0) is 6.61 Å². The lowest BCUT2D eigenvalue weighted by Crippen LogP contribution is -2.00. The second-order valence-electron chi connectivity index (χ2n) is 3.24. The lowest BCUT2D eigenvalue weighted by molar-refractivity contribution is 0.291. The van der Waals surface area contributed by atoms with Crippen molar-refractivity contribution in [1.29, 1.82) is 5.26 Å². The summed E-state index contributed by atoms with van der Waals surface area (Å²) in [5.41, 5.74) is 1.19. The monoisotopic (exact) mass is 289 g/mol. The number of aromatic nitrogens is 2. The third kappa shape index (κ3) is 3.02. The van der Waals surface area contributed by atoms with Crippen LogP contribution in [0.2, 0.25) is 0 Å². The van der Waals surface area contributed by atoms with Gasteiger partial charge in [0.15, 0.2) is 0 Å². The lowest BCUT2D eigenvalue weighted by atomic mass is 10.2. The molecule has 0 saturated carbocycles. The number of hydrogen-bond acceptors (Lipinski definition) is 4. The zero-order chi connectivity index (χ0) is 12.1. The van der Waals surface area contributed by atoms with E-state index in [9.17, 15) is 0 Å². The van der Waals surface area contributed by atoms with Gasteiger partial charge in [-0.2, -0.15) is 5.26 Å². The molecule has 0 aliphatic carbocycles. The van der Waals surface area contributed by atoms with Crippen molar-refractivity contribution in [3.8, 4) is 11.9 Å². The van der Waals surface area contributed by atoms with Gasteiger partial charge in [-0.25, -0.2) is 9.97 Å². The number of ether oxygens (including phenoxy) is 1. The predicted octanol–water partition coefficient (Wildman–Crippen LogP) is 2.69. The molecule has 0 aliphatic rings. The molecular formula is C12H8BrN3O. The molecule has 0 saturated heterocycles. The maximum atomic E-state index is 8.82. The van der Waals surface area contributed by atoms with Crippen molar-refractivity contribution in [2.24, 2.45) is 0 Å². The maximum absolute atomic E-state index is 8.82. The first-order valence-corrected chi connectivity index (χ1v) is 5.67. The van der Waals surface area contributed by atoms with Gasteiger partial charge in [0.1, 0.15) is 12.7 Å². The topological polar surface area (TPSA) is 58.8 Å². The van der Waals surface area contributed by atoms with Crippen LogP contribution in [0.25, 0.3) is 0 Å². The van der Waals surface area contributed by atoms with Crippen molar-refractivity contribution in [2.75, 3.05) is 0 Å². The molecule has 1 aromatic carbocycles. The van der Waals surface area contributed by atoms with E-state index in [1.807, 2.05) is 30.3 Å². The standard InChI is InChI=1S/C12H8BrN3O/c13-10-3-1-2-9(6-10)8-17-12-11(7-14)15-4-5-16-12/h1-6H,8H2. The molecule has 0 bridgehead atoms. The summed E-state index contributed by atoms with van der Waals surface area (Å²) in [5, 5.41) is 8.82. The highest BCUT2D eigenvalue weighted by molar-refractivity contribution is 9.10. The summed E-state index contributed by atoms with van der Waals surface area (Å²) in [6.45, 7) is 0.354. The molecule has 0 amide bonds. The summed E-state index contributed by atoms with van der Waals surface area (Å²) in [6.07, 6.45) is 2.96. The van der Waals surface area contributed by atoms with E-state index in [0.717, 1.165) is 10.0 Å². The molecule has 2 aromatic rings. The van der Waals surface area contributed by atoms with Crippen LogP contribution in [0.3, 0.4) is 0 Å². The molecule has 84 valence electrons. The van der Waals surface area contributed by atoms with E-state index in [1.54, 1.807) is 0 Å². The van der Waals surface area contributed by atoms with Crippen LogP contribution in [0.5, 0.6) is 5.88 Å². The molecule has 0 spiro atoms. The molecule has 0 radical (unpaired) electrons. The van der Waals surface area contributed by atoms with Gasteiger partial charge in [-0.15, -0.1) is 0 Å². The molecule has 0 unspecified atom stereocenters. The van der Waals surface area contributed by atoms with Crippen molar-refractivity contribution in [2.45, 2.75) is 6.61 Å². The first-order chi connectivity index (χ1) is 8.29. The Kier molecular flexibility index (Phi) is 3.68. The van der Waals surface area contributed by atoms with Gasteiger partial charge in [0.05, 0.1) is 0 Å². The average molecular weight is 290 g/mol. The summed E-state index contributed by atoms with van der Waals surface area (Å²) in [4.78, 5) is 7.84. The predicted molar refractivity (Wildman–Crippen MR) is 65.2 cm³/mol. The molecule has 2 rings (SSSR count). The highest BCUT2D eigenvalue weighted by Crippen LogP contribution is 2.15. The van der Waals surface area contributed by atoms with E-state index in [4.69, 9.17) is 10.00 Å². The second kappa shape index (κ2) is 5.41. The van der Waals surface area contributed by atoms with Crippen LogP contribution in [0, 0.1) is 11.3 Å². The van der Waals surface area contributed by atoms with E-state index in [1.165, 1.54) is 12.4 Å². The minimum absolute atomic E-state index is 0.197. The van der Waals surface area contributed by atoms with E-state index in [2.05, 4.69) is 25.9 Å². The fraction of sp³-hybridized carbons (Fsp3) is 0.0833. The zero-order valence-electron chi connectivity index (χ0n) is 8.80. The Labute approximate surface area is 107 Å². The number of rotatable bonds is 3. The summed E-state index contributed by atoms with van der Waals surface area (Å²) >= 11 is 3.38. The van der Waals surface area contributed by atoms with Crippen LogP contribution in [0.15, 0.2) is 41.1 Å². The summed E-state index contributed by atoms with van der Waals surface area (Å²) in [6, 6.07) is 9.68. The third-order valence-electron chi connectivity index (χ3n) is 2.04. The highest BCUT2D eigenvalue weighted by Gasteiger charge is 2.05. The minimum Gasteiger partial charge on any atom is -0.471 e. The lowest BCUT2D eigenvalue weighted by Gasteiger charge is -2.05. The van der Waals surface area contributed by atoms with Crippen LogP contribution >= 0.6 is 15.9 Å². The number of halogens is 1. The van der Waals surface area contributed by atoms with Gasteiger partial charge in [0, 0.05) is 16.9 Å². The van der Waals surface area contributed by atoms with Gasteiger partial charge < -0.3 is 4.74 Å². The van der Waals surface area contributed by atoms with E-state index < -0.39 is 0 Å². The smallest absolute Gasteiger partial charge is 0.251 e. The summed E-state index contributed by atoms with van der Waals surface area (Å²) < 4.78 is 6.44. The van der Waals surface area contributed by atoms with Gasteiger partial charge in [-0.3, -0.25) is 0 Å². The van der Waals surface area contributed by atoms with Crippen molar-refractivity contribution >= 4 is 15.9 Å². The van der Waals surface area contributed by atoms with Crippen molar-refractivity contribution < 1.29 is 4.74 Å². The van der Waals surface area contributed by atoms with Crippen LogP contribution in [0.4, 0.5) is 0 Å². The Morgan fingerprint density at radius 2 is 2.12 bits per heavy atom. The van der Waals surface area contributed by atoms with E-state index >= 15 is 0 Å². The van der Waals surface area contributed by atoms with Gasteiger partial charge >= 0.3 is 0 Å². The van der Waals surface area contributed by atoms with Crippen LogP contribution in [-0.4, -0.2) is 9.97 Å². The fourth-order valence-electron chi connectivity index (χ4n) is 1.29. The van der Waals surface area contributed by atoms with Gasteiger partial charge in [0.25, 0.3) is 5.88 Å². The Morgan fingerprint density at radius 1 is 1.29 bits per heavy atom. The minimum atomic E-state index is 0.197. The van der Waals surface area contributed by atoms with Gasteiger partial charge in [0.2, 0.25) is 5.69 Å². The summed E-state index contributed by atoms with van der Waals surface area (Å²) in [7, 11) is 0. The van der Waals surface area contributed by atoms with Crippen molar-refractivity contribution in [3.05, 3.63) is 52.4 Å². The Bertz CT molecular complexity index is 566. The van der Waals surface area contributed by atoms with E-state index in [-0.39, 0.29) is 11.6 Å². The average Bonchev–Trinajstić information content (AvgIpc) is 2.37. The van der Waals surface area contributed by atoms with Crippen LogP contribution < -0.4 is 4.74 Å². The maximum Gasteiger partial charge on any atom is 0.251 e. The number of nitrogens with zero attached hydrogens (tertiary/aromatic N) is 3. The fourth-order valence-corrected chi connectivity index (χ4v) is 1.73. The molecule has 4 nitrogen and oxygen atoms in total. The molecule has 1 heterocycles. The first kappa shape index (κ1) is 11.6. The quantitative estimate of drug-likeness (QED) is 0.872. The number of benzene rings is 1. The largest absolute Gasteiger partial charge is 0.471 e. The molecule has 0 atom stereocenters. The van der Waals surface area contributed by atoms with Gasteiger partial charge in [-0.05, 0) is 17.7 Å². The second-order valence-corrected chi connectivity index (χ2v) is 4.16. The third-order valence-corrected chi connectivity index (χ3v) is 2.53. The molecule has 1 aromatic heterocycles. The molecule has 5 heteroatoms. The zero-order valence-corrected chi connectivity index (χ0v) is 10.4. The highest BCUT2D eigenvalue weighted by atomic mass is 79.9. The van der Waals surface area contributed by atoms with Crippen molar-refractivity contribution in [3.63, 3.8) is 0 Å². The summed E-state index contributed by atoms with van der Waals surface area (Å²) in [5.74, 6) is 0.259. The SMILES string of the molecule is N#Cc1nccnc1OCc1cccc(Br)c1. The van der Waals surface area contributed by atoms with Crippen LogP contribution in [0.1, 0.15) is 11.3 Å². The molecule has 0 N–H and O–H groups in total. The molecular weight excluding hydrogens is 282 g/mol. The Balaban J connectivity index is 2.10.